The van der Waals surface area contributed by atoms with Crippen LogP contribution in [0.1, 0.15) is 5.56 Å². The Kier molecular flexibility index (Phi) is 3.60. The van der Waals surface area contributed by atoms with E-state index in [1.807, 2.05) is 31.2 Å². The van der Waals surface area contributed by atoms with E-state index in [0.29, 0.717) is 0 Å². The van der Waals surface area contributed by atoms with E-state index in [-0.39, 0.29) is 0 Å². The van der Waals surface area contributed by atoms with Crippen LogP contribution < -0.4 is 10.2 Å². The summed E-state index contributed by atoms with van der Waals surface area (Å²) in [5.74, 6) is 0. The molecule has 0 spiro atoms. The third kappa shape index (κ3) is 2.52. The molecular weight excluding hydrogens is 217 g/mol. The fourth-order valence-electron chi connectivity index (χ4n) is 0.939. The molecule has 0 heterocycles. The normalized spacial score (nSPS) is 12.8. The van der Waals surface area contributed by atoms with E-state index in [9.17, 15) is 3.83 Å². The summed E-state index contributed by atoms with van der Waals surface area (Å²) in [7, 11) is 0. The van der Waals surface area contributed by atoms with E-state index < -0.39 is 13.8 Å². The van der Waals surface area contributed by atoms with Crippen molar-refractivity contribution in [3.63, 3.8) is 0 Å². The second-order valence-electron chi connectivity index (χ2n) is 2.72. The van der Waals surface area contributed by atoms with Gasteiger partial charge in [-0.05, 0) is 0 Å². The van der Waals surface area contributed by atoms with Crippen molar-refractivity contribution in [3.8, 4) is 0 Å². The maximum atomic E-state index is 11.5. The number of hydrogen-bond acceptors (Lipinski definition) is 1. The summed E-state index contributed by atoms with van der Waals surface area (Å²) < 4.78 is 12.5. The van der Waals surface area contributed by atoms with Gasteiger partial charge in [0.05, 0.1) is 0 Å². The minimum atomic E-state index is -1.76. The third-order valence-corrected chi connectivity index (χ3v) is 4.67. The Balaban J connectivity index is 2.75. The zero-order valence-electron chi connectivity index (χ0n) is 7.25. The van der Waals surface area contributed by atoms with Crippen LogP contribution >= 0.6 is 0 Å². The Morgan fingerprint density at radius 3 is 2.42 bits per heavy atom. The Labute approximate surface area is 76.9 Å². The first-order chi connectivity index (χ1) is 5.74. The van der Waals surface area contributed by atoms with E-state index in [1.165, 1.54) is 5.56 Å². The first-order valence-electron chi connectivity index (χ1n) is 3.98. The number of hydrogen-bond donors (Lipinski definition) is 1. The fourth-order valence-corrected chi connectivity index (χ4v) is 2.91. The average molecular weight is 231 g/mol. The molecule has 0 amide bonds. The summed E-state index contributed by atoms with van der Waals surface area (Å²) in [6.45, 7) is 2.80. The molecule has 66 valence electrons. The van der Waals surface area contributed by atoms with E-state index in [0.717, 1.165) is 16.3 Å². The molecule has 3 N–H and O–H groups in total. The van der Waals surface area contributed by atoms with Gasteiger partial charge in [0, 0.05) is 0 Å². The molecule has 0 aliphatic heterocycles. The van der Waals surface area contributed by atoms with Crippen LogP contribution in [0.2, 0.25) is 5.32 Å². The molecule has 1 atom stereocenters. The average Bonchev–Trinajstić information content (AvgIpc) is 2.06. The van der Waals surface area contributed by atoms with E-state index in [1.54, 1.807) is 0 Å². The van der Waals surface area contributed by atoms with Crippen LogP contribution in [0.15, 0.2) is 24.3 Å². The summed E-state index contributed by atoms with van der Waals surface area (Å²) in [6, 6.07) is 7.94. The SMILES string of the molecule is Cc1ccc([Se](=O)CC[NH3+])cc1. The Bertz CT molecular complexity index is 268. The van der Waals surface area contributed by atoms with Crippen molar-refractivity contribution in [3.05, 3.63) is 29.8 Å². The molecule has 1 unspecified atom stereocenters. The van der Waals surface area contributed by atoms with Gasteiger partial charge in [-0.1, -0.05) is 0 Å². The molecule has 0 saturated carbocycles. The molecule has 0 saturated heterocycles. The van der Waals surface area contributed by atoms with Gasteiger partial charge in [-0.25, -0.2) is 0 Å². The van der Waals surface area contributed by atoms with Gasteiger partial charge in [0.1, 0.15) is 0 Å². The summed E-state index contributed by atoms with van der Waals surface area (Å²) >= 11 is -1.76. The zero-order valence-corrected chi connectivity index (χ0v) is 8.96. The number of aryl methyl sites for hydroxylation is 1. The van der Waals surface area contributed by atoms with Crippen LogP contribution in [0.5, 0.6) is 0 Å². The number of quaternary nitrogens is 1. The van der Waals surface area contributed by atoms with Gasteiger partial charge in [0.25, 0.3) is 0 Å². The van der Waals surface area contributed by atoms with Crippen molar-refractivity contribution in [2.75, 3.05) is 6.54 Å². The van der Waals surface area contributed by atoms with Crippen molar-refractivity contribution in [1.82, 2.24) is 0 Å². The molecule has 1 rings (SSSR count). The van der Waals surface area contributed by atoms with Gasteiger partial charge in [0.15, 0.2) is 0 Å². The first kappa shape index (κ1) is 9.59. The molecule has 0 aromatic heterocycles. The first-order valence-corrected chi connectivity index (χ1v) is 6.75. The molecule has 12 heavy (non-hydrogen) atoms. The maximum absolute atomic E-state index is 11.5. The monoisotopic (exact) mass is 232 g/mol. The van der Waals surface area contributed by atoms with Crippen molar-refractivity contribution in [2.24, 2.45) is 0 Å². The van der Waals surface area contributed by atoms with Gasteiger partial charge in [-0.15, -0.1) is 0 Å². The topological polar surface area (TPSA) is 44.7 Å². The molecule has 0 radical (unpaired) electrons. The molecule has 0 aliphatic carbocycles. The van der Waals surface area contributed by atoms with E-state index >= 15 is 0 Å². The molecule has 2 nitrogen and oxygen atoms in total. The minimum absolute atomic E-state index is 0.753. The molecule has 3 heteroatoms. The van der Waals surface area contributed by atoms with Gasteiger partial charge < -0.3 is 0 Å². The van der Waals surface area contributed by atoms with Crippen LogP contribution in [-0.2, 0) is 3.83 Å². The van der Waals surface area contributed by atoms with Crippen LogP contribution in [0, 0.1) is 6.92 Å². The van der Waals surface area contributed by atoms with Gasteiger partial charge in [-0.3, -0.25) is 0 Å². The van der Waals surface area contributed by atoms with E-state index in [2.05, 4.69) is 5.73 Å². The van der Waals surface area contributed by atoms with Crippen LogP contribution in [-0.4, -0.2) is 20.4 Å². The standard InChI is InChI=1S/C9H13NOSe/c1-8-2-4-9(5-3-8)12(11)7-6-10/h2-5H,6-7,10H2,1H3/p+1. The van der Waals surface area contributed by atoms with Gasteiger partial charge >= 0.3 is 76.5 Å². The van der Waals surface area contributed by atoms with E-state index in [4.69, 9.17) is 0 Å². The quantitative estimate of drug-likeness (QED) is 0.723. The molecular formula is C9H14NOSe+. The summed E-state index contributed by atoms with van der Waals surface area (Å²) in [5.41, 5.74) is 4.91. The molecule has 1 aromatic rings. The molecule has 0 aliphatic rings. The van der Waals surface area contributed by atoms with Crippen molar-refractivity contribution in [2.45, 2.75) is 12.2 Å². The second kappa shape index (κ2) is 4.51. The second-order valence-corrected chi connectivity index (χ2v) is 6.01. The Morgan fingerprint density at radius 1 is 1.33 bits per heavy atom. The number of rotatable bonds is 3. The Morgan fingerprint density at radius 2 is 1.92 bits per heavy atom. The van der Waals surface area contributed by atoms with Crippen molar-refractivity contribution < 1.29 is 9.57 Å². The molecule has 0 bridgehead atoms. The number of benzene rings is 1. The third-order valence-electron chi connectivity index (χ3n) is 1.61. The van der Waals surface area contributed by atoms with Crippen molar-refractivity contribution in [1.29, 1.82) is 0 Å². The Hall–Kier alpha value is -0.501. The predicted octanol–water partition coefficient (Wildman–Crippen LogP) is -0.134. The molecule has 1 aromatic carbocycles. The van der Waals surface area contributed by atoms with Crippen molar-refractivity contribution >= 4 is 18.3 Å². The fraction of sp³-hybridized carbons (Fsp3) is 0.333. The predicted molar refractivity (Wildman–Crippen MR) is 49.8 cm³/mol. The summed E-state index contributed by atoms with van der Waals surface area (Å²) in [6.07, 6.45) is 0. The van der Waals surface area contributed by atoms with Crippen LogP contribution in [0.4, 0.5) is 0 Å². The van der Waals surface area contributed by atoms with Crippen LogP contribution in [0.25, 0.3) is 0 Å². The zero-order chi connectivity index (χ0) is 8.97. The van der Waals surface area contributed by atoms with Crippen LogP contribution in [0.3, 0.4) is 0 Å². The van der Waals surface area contributed by atoms with Gasteiger partial charge in [-0.2, -0.15) is 0 Å². The van der Waals surface area contributed by atoms with Gasteiger partial charge in [0.2, 0.25) is 0 Å². The summed E-state index contributed by atoms with van der Waals surface area (Å²) in [4.78, 5) is 0. The summed E-state index contributed by atoms with van der Waals surface area (Å²) in [5, 5.41) is 0.753. The molecule has 0 fully saturated rings.